The lowest BCUT2D eigenvalue weighted by molar-refractivity contribution is 0.102. The summed E-state index contributed by atoms with van der Waals surface area (Å²) in [5.41, 5.74) is 0.799. The van der Waals surface area contributed by atoms with Crippen LogP contribution in [-0.2, 0) is 13.1 Å². The van der Waals surface area contributed by atoms with Gasteiger partial charge in [0.1, 0.15) is 5.82 Å². The van der Waals surface area contributed by atoms with E-state index in [0.29, 0.717) is 28.5 Å². The van der Waals surface area contributed by atoms with Crippen molar-refractivity contribution < 1.29 is 9.18 Å². The van der Waals surface area contributed by atoms with Gasteiger partial charge in [0.25, 0.3) is 5.91 Å². The summed E-state index contributed by atoms with van der Waals surface area (Å²) in [6.07, 6.45) is 4.80. The van der Waals surface area contributed by atoms with Gasteiger partial charge in [0.15, 0.2) is 5.82 Å². The molecule has 1 amide bonds. The molecular weight excluding hydrogens is 333 g/mol. The Hall–Kier alpha value is -2.67. The highest BCUT2D eigenvalue weighted by Crippen LogP contribution is 2.20. The molecule has 3 rings (SSSR count). The van der Waals surface area contributed by atoms with Crippen molar-refractivity contribution >= 4 is 23.3 Å². The first-order valence-corrected chi connectivity index (χ1v) is 7.74. The molecule has 0 aliphatic rings. The van der Waals surface area contributed by atoms with E-state index >= 15 is 0 Å². The maximum absolute atomic E-state index is 13.8. The van der Waals surface area contributed by atoms with Crippen molar-refractivity contribution in [3.05, 3.63) is 64.8 Å². The molecule has 0 saturated heterocycles. The van der Waals surface area contributed by atoms with Gasteiger partial charge in [0.05, 0.1) is 18.3 Å². The third-order valence-electron chi connectivity index (χ3n) is 3.48. The number of nitrogens with zero attached hydrogens (tertiary/aromatic N) is 4. The largest absolute Gasteiger partial charge is 0.305 e. The van der Waals surface area contributed by atoms with Crippen LogP contribution in [0.4, 0.5) is 10.2 Å². The zero-order chi connectivity index (χ0) is 17.1. The zero-order valence-electron chi connectivity index (χ0n) is 12.9. The fourth-order valence-corrected chi connectivity index (χ4v) is 2.43. The van der Waals surface area contributed by atoms with Crippen LogP contribution in [0, 0.1) is 5.82 Å². The van der Waals surface area contributed by atoms with Crippen molar-refractivity contribution in [2.45, 2.75) is 20.0 Å². The van der Waals surface area contributed by atoms with E-state index in [1.165, 1.54) is 16.9 Å². The van der Waals surface area contributed by atoms with Crippen molar-refractivity contribution in [3.8, 4) is 0 Å². The first-order valence-electron chi connectivity index (χ1n) is 7.37. The highest BCUT2D eigenvalue weighted by Gasteiger charge is 2.12. The Kier molecular flexibility index (Phi) is 4.61. The predicted molar refractivity (Wildman–Crippen MR) is 88.6 cm³/mol. The minimum absolute atomic E-state index is 0.176. The second-order valence-electron chi connectivity index (χ2n) is 5.14. The van der Waals surface area contributed by atoms with Crippen molar-refractivity contribution in [1.82, 2.24) is 19.6 Å². The van der Waals surface area contributed by atoms with Crippen molar-refractivity contribution in [2.75, 3.05) is 5.32 Å². The maximum Gasteiger partial charge on any atom is 0.260 e. The molecule has 1 aromatic carbocycles. The molecule has 8 heteroatoms. The second kappa shape index (κ2) is 6.84. The lowest BCUT2D eigenvalue weighted by Crippen LogP contribution is -2.12. The van der Waals surface area contributed by atoms with Gasteiger partial charge < -0.3 is 5.32 Å². The highest BCUT2D eigenvalue weighted by molar-refractivity contribution is 6.31. The third kappa shape index (κ3) is 3.46. The van der Waals surface area contributed by atoms with E-state index in [-0.39, 0.29) is 12.5 Å². The Balaban J connectivity index is 1.70. The van der Waals surface area contributed by atoms with Crippen LogP contribution in [-0.4, -0.2) is 25.5 Å². The Labute approximate surface area is 142 Å². The van der Waals surface area contributed by atoms with E-state index in [1.807, 2.05) is 6.92 Å². The molecule has 0 saturated carbocycles. The number of amides is 1. The molecule has 0 radical (unpaired) electrons. The number of benzene rings is 1. The fraction of sp³-hybridized carbons (Fsp3) is 0.188. The van der Waals surface area contributed by atoms with Crippen LogP contribution in [0.1, 0.15) is 22.8 Å². The number of rotatable bonds is 5. The molecule has 6 nitrogen and oxygen atoms in total. The molecule has 0 fully saturated rings. The van der Waals surface area contributed by atoms with Gasteiger partial charge in [-0.25, -0.2) is 4.39 Å². The van der Waals surface area contributed by atoms with Gasteiger partial charge in [-0.15, -0.1) is 0 Å². The number of hydrogen-bond acceptors (Lipinski definition) is 3. The average Bonchev–Trinajstić information content (AvgIpc) is 3.20. The van der Waals surface area contributed by atoms with Crippen molar-refractivity contribution in [2.24, 2.45) is 0 Å². The summed E-state index contributed by atoms with van der Waals surface area (Å²) in [5.74, 6) is -0.323. The summed E-state index contributed by atoms with van der Waals surface area (Å²) in [5, 5.41) is 11.3. The number of carbonyl (C=O) groups excluding carboxylic acids is 1. The molecule has 2 heterocycles. The minimum atomic E-state index is -0.393. The van der Waals surface area contributed by atoms with Gasteiger partial charge in [-0.1, -0.05) is 17.7 Å². The maximum atomic E-state index is 13.8. The Morgan fingerprint density at radius 1 is 1.33 bits per heavy atom. The number of nitrogens with one attached hydrogen (secondary N) is 1. The first-order chi connectivity index (χ1) is 11.6. The Bertz CT molecular complexity index is 853. The van der Waals surface area contributed by atoms with E-state index in [4.69, 9.17) is 11.6 Å². The summed E-state index contributed by atoms with van der Waals surface area (Å²) in [7, 11) is 0. The molecule has 0 unspecified atom stereocenters. The summed E-state index contributed by atoms with van der Waals surface area (Å²) < 4.78 is 17.0. The molecule has 1 N–H and O–H groups in total. The third-order valence-corrected chi connectivity index (χ3v) is 3.84. The van der Waals surface area contributed by atoms with E-state index in [1.54, 1.807) is 35.3 Å². The number of anilines is 1. The van der Waals surface area contributed by atoms with Gasteiger partial charge in [0.2, 0.25) is 0 Å². The average molecular weight is 348 g/mol. The molecule has 0 spiro atoms. The van der Waals surface area contributed by atoms with E-state index in [9.17, 15) is 9.18 Å². The summed E-state index contributed by atoms with van der Waals surface area (Å²) >= 11 is 6.01. The van der Waals surface area contributed by atoms with Crippen LogP contribution >= 0.6 is 11.6 Å². The highest BCUT2D eigenvalue weighted by atomic mass is 35.5. The number of aryl methyl sites for hydroxylation is 1. The number of halogens is 2. The van der Waals surface area contributed by atoms with Crippen LogP contribution in [0.15, 0.2) is 42.9 Å². The molecule has 0 bridgehead atoms. The van der Waals surface area contributed by atoms with Crippen LogP contribution in [0.2, 0.25) is 5.02 Å². The first kappa shape index (κ1) is 16.2. The minimum Gasteiger partial charge on any atom is -0.305 e. The van der Waals surface area contributed by atoms with Crippen molar-refractivity contribution in [3.63, 3.8) is 0 Å². The van der Waals surface area contributed by atoms with E-state index < -0.39 is 5.82 Å². The summed E-state index contributed by atoms with van der Waals surface area (Å²) in [6.45, 7) is 2.80. The normalized spacial score (nSPS) is 10.8. The molecule has 2 aromatic heterocycles. The van der Waals surface area contributed by atoms with Gasteiger partial charge in [-0.2, -0.15) is 10.2 Å². The quantitative estimate of drug-likeness (QED) is 0.770. The molecule has 3 aromatic rings. The zero-order valence-corrected chi connectivity index (χ0v) is 13.7. The molecule has 0 aliphatic carbocycles. The molecule has 24 heavy (non-hydrogen) atoms. The number of carbonyl (C=O) groups is 1. The smallest absolute Gasteiger partial charge is 0.260 e. The van der Waals surface area contributed by atoms with Gasteiger partial charge >= 0.3 is 0 Å². The lowest BCUT2D eigenvalue weighted by atomic mass is 10.2. The fourth-order valence-electron chi connectivity index (χ4n) is 2.20. The topological polar surface area (TPSA) is 64.7 Å². The summed E-state index contributed by atoms with van der Waals surface area (Å²) in [6, 6.07) is 6.15. The predicted octanol–water partition coefficient (Wildman–Crippen LogP) is 3.19. The lowest BCUT2D eigenvalue weighted by Gasteiger charge is -2.06. The Morgan fingerprint density at radius 2 is 2.17 bits per heavy atom. The number of hydrogen-bond donors (Lipinski definition) is 1. The monoisotopic (exact) mass is 347 g/mol. The standard InChI is InChI=1S/C16H15ClFN5O/c1-2-22-9-11(8-19-22)16(24)20-15-6-7-23(21-15)10-12-13(17)4-3-5-14(12)18/h3-9H,2,10H2,1H3,(H,20,21,24). The number of aromatic nitrogens is 4. The van der Waals surface area contributed by atoms with Gasteiger partial charge in [0, 0.05) is 35.6 Å². The molecule has 0 atom stereocenters. The molecular formula is C16H15ClFN5O. The Morgan fingerprint density at radius 3 is 2.88 bits per heavy atom. The SMILES string of the molecule is CCn1cc(C(=O)Nc2ccn(Cc3c(F)cccc3Cl)n2)cn1. The van der Waals surface area contributed by atoms with Crippen LogP contribution in [0.3, 0.4) is 0 Å². The van der Waals surface area contributed by atoms with Gasteiger partial charge in [-0.05, 0) is 19.1 Å². The van der Waals surface area contributed by atoms with E-state index in [2.05, 4.69) is 15.5 Å². The van der Waals surface area contributed by atoms with Crippen LogP contribution in [0.25, 0.3) is 0 Å². The molecule has 124 valence electrons. The van der Waals surface area contributed by atoms with Crippen molar-refractivity contribution in [1.29, 1.82) is 0 Å². The summed E-state index contributed by atoms with van der Waals surface area (Å²) in [4.78, 5) is 12.1. The second-order valence-corrected chi connectivity index (χ2v) is 5.54. The van der Waals surface area contributed by atoms with E-state index in [0.717, 1.165) is 0 Å². The van der Waals surface area contributed by atoms with Crippen LogP contribution in [0.5, 0.6) is 0 Å². The molecule has 0 aliphatic heterocycles. The van der Waals surface area contributed by atoms with Gasteiger partial charge in [-0.3, -0.25) is 14.2 Å². The van der Waals surface area contributed by atoms with Crippen LogP contribution < -0.4 is 5.32 Å².